The number of carboxylic acid groups (broad SMARTS) is 1. The summed E-state index contributed by atoms with van der Waals surface area (Å²) in [6, 6.07) is -1.33. The predicted octanol–water partition coefficient (Wildman–Crippen LogP) is 0.720. The summed E-state index contributed by atoms with van der Waals surface area (Å²) in [5.74, 6) is -2.52. The fourth-order valence-electron chi connectivity index (χ4n) is 2.29. The number of esters is 1. The Labute approximate surface area is 135 Å². The maximum atomic E-state index is 13.7. The number of hydrogen-bond acceptors (Lipinski definition) is 5. The zero-order valence-electron chi connectivity index (χ0n) is 14.2. The molecule has 0 aliphatic heterocycles. The summed E-state index contributed by atoms with van der Waals surface area (Å²) in [4.78, 5) is 36.5. The molecule has 1 fully saturated rings. The maximum Gasteiger partial charge on any atom is 0.327 e. The van der Waals surface area contributed by atoms with Crippen molar-refractivity contribution < 1.29 is 28.6 Å². The van der Waals surface area contributed by atoms with E-state index in [4.69, 9.17) is 4.74 Å². The molecule has 0 aromatic heterocycles. The van der Waals surface area contributed by atoms with Crippen molar-refractivity contribution in [2.75, 3.05) is 14.1 Å². The van der Waals surface area contributed by atoms with Crippen LogP contribution in [0, 0.1) is 0 Å². The molecule has 0 spiro atoms. The second-order valence-corrected chi connectivity index (χ2v) is 6.61. The molecule has 1 rings (SSSR count). The molecule has 0 heterocycles. The number of nitrogens with one attached hydrogen (secondary N) is 1. The lowest BCUT2D eigenvalue weighted by atomic mass is 9.99. The zero-order valence-corrected chi connectivity index (χ0v) is 14.2. The highest BCUT2D eigenvalue weighted by molar-refractivity contribution is 5.90. The Morgan fingerprint density at radius 1 is 1.39 bits per heavy atom. The SMILES string of the molecule is CNC1(C(=O)OC(C)C(=O)N(C)C(CC(C)(C)F)C(=O)O)CC1. The number of halogens is 1. The molecule has 2 unspecified atom stereocenters. The van der Waals surface area contributed by atoms with Crippen molar-refractivity contribution >= 4 is 17.8 Å². The summed E-state index contributed by atoms with van der Waals surface area (Å²) in [5, 5.41) is 12.1. The van der Waals surface area contributed by atoms with Crippen LogP contribution in [0.1, 0.15) is 40.0 Å². The molecule has 7 nitrogen and oxygen atoms in total. The number of carbonyl (C=O) groups is 3. The summed E-state index contributed by atoms with van der Waals surface area (Å²) < 4.78 is 18.9. The molecular formula is C15H25FN2O5. The molecule has 23 heavy (non-hydrogen) atoms. The van der Waals surface area contributed by atoms with Gasteiger partial charge in [0.25, 0.3) is 5.91 Å². The fraction of sp³-hybridized carbons (Fsp3) is 0.800. The van der Waals surface area contributed by atoms with Gasteiger partial charge < -0.3 is 20.1 Å². The second-order valence-electron chi connectivity index (χ2n) is 6.61. The molecule has 0 bridgehead atoms. The number of rotatable bonds is 8. The van der Waals surface area contributed by atoms with Gasteiger partial charge in [0.15, 0.2) is 6.10 Å². The van der Waals surface area contributed by atoms with Crippen molar-refractivity contribution in [3.63, 3.8) is 0 Å². The Morgan fingerprint density at radius 2 is 1.91 bits per heavy atom. The van der Waals surface area contributed by atoms with Gasteiger partial charge in [-0.2, -0.15) is 0 Å². The molecule has 2 atom stereocenters. The Balaban J connectivity index is 2.73. The molecule has 1 aliphatic carbocycles. The van der Waals surface area contributed by atoms with Crippen LogP contribution in [0.25, 0.3) is 0 Å². The van der Waals surface area contributed by atoms with Crippen LogP contribution in [-0.4, -0.2) is 65.3 Å². The Kier molecular flexibility index (Phi) is 5.74. The van der Waals surface area contributed by atoms with Crippen molar-refractivity contribution in [2.45, 2.75) is 63.4 Å². The van der Waals surface area contributed by atoms with Gasteiger partial charge in [-0.3, -0.25) is 9.59 Å². The molecule has 0 saturated heterocycles. The van der Waals surface area contributed by atoms with E-state index in [1.807, 2.05) is 0 Å². The minimum absolute atomic E-state index is 0.355. The number of carboxylic acids is 1. The number of nitrogens with zero attached hydrogens (tertiary/aromatic N) is 1. The van der Waals surface area contributed by atoms with Gasteiger partial charge in [-0.05, 0) is 40.7 Å². The summed E-state index contributed by atoms with van der Waals surface area (Å²) in [6.45, 7) is 3.87. The Bertz CT molecular complexity index is 485. The summed E-state index contributed by atoms with van der Waals surface area (Å²) in [5.41, 5.74) is -2.48. The Hall–Kier alpha value is -1.70. The summed E-state index contributed by atoms with van der Waals surface area (Å²) in [6.07, 6.45) is -0.228. The van der Waals surface area contributed by atoms with E-state index >= 15 is 0 Å². The van der Waals surface area contributed by atoms with Crippen molar-refractivity contribution in [3.05, 3.63) is 0 Å². The van der Waals surface area contributed by atoms with E-state index in [-0.39, 0.29) is 6.42 Å². The zero-order chi connectivity index (χ0) is 18.0. The molecule has 132 valence electrons. The topological polar surface area (TPSA) is 95.9 Å². The van der Waals surface area contributed by atoms with Gasteiger partial charge in [0.2, 0.25) is 0 Å². The van der Waals surface area contributed by atoms with E-state index in [9.17, 15) is 23.9 Å². The highest BCUT2D eigenvalue weighted by Gasteiger charge is 2.51. The van der Waals surface area contributed by atoms with E-state index in [2.05, 4.69) is 5.32 Å². The van der Waals surface area contributed by atoms with Crippen LogP contribution in [0.5, 0.6) is 0 Å². The van der Waals surface area contributed by atoms with Gasteiger partial charge in [0.1, 0.15) is 17.2 Å². The van der Waals surface area contributed by atoms with E-state index in [1.165, 1.54) is 27.8 Å². The van der Waals surface area contributed by atoms with Crippen LogP contribution in [0.3, 0.4) is 0 Å². The first kappa shape index (κ1) is 19.3. The lowest BCUT2D eigenvalue weighted by Gasteiger charge is -2.30. The van der Waals surface area contributed by atoms with E-state index < -0.39 is 41.2 Å². The summed E-state index contributed by atoms with van der Waals surface area (Å²) in [7, 11) is 2.90. The average molecular weight is 332 g/mol. The van der Waals surface area contributed by atoms with Gasteiger partial charge in [-0.25, -0.2) is 9.18 Å². The third-order valence-corrected chi connectivity index (χ3v) is 4.03. The molecule has 0 aromatic rings. The number of ether oxygens (including phenoxy) is 1. The van der Waals surface area contributed by atoms with Crippen molar-refractivity contribution in [2.24, 2.45) is 0 Å². The van der Waals surface area contributed by atoms with Crippen LogP contribution in [0.4, 0.5) is 4.39 Å². The van der Waals surface area contributed by atoms with E-state index in [0.717, 1.165) is 4.90 Å². The molecule has 0 aromatic carbocycles. The number of likely N-dealkylation sites (N-methyl/N-ethyl adjacent to an activating group) is 2. The number of aliphatic carboxylic acids is 1. The van der Waals surface area contributed by atoms with Crippen LogP contribution >= 0.6 is 0 Å². The number of alkyl halides is 1. The maximum absolute atomic E-state index is 13.7. The monoisotopic (exact) mass is 332 g/mol. The summed E-state index contributed by atoms with van der Waals surface area (Å²) >= 11 is 0. The molecule has 0 radical (unpaired) electrons. The standard InChI is InChI=1S/C15H25FN2O5/c1-9(23-13(22)15(17-4)6-7-15)11(19)18(5)10(12(20)21)8-14(2,3)16/h9-10,17H,6-8H2,1-5H3,(H,20,21). The molecule has 8 heteroatoms. The third-order valence-electron chi connectivity index (χ3n) is 4.03. The van der Waals surface area contributed by atoms with Gasteiger partial charge >= 0.3 is 11.9 Å². The van der Waals surface area contributed by atoms with Gasteiger partial charge in [-0.15, -0.1) is 0 Å². The van der Waals surface area contributed by atoms with Gasteiger partial charge in [0, 0.05) is 13.5 Å². The minimum Gasteiger partial charge on any atom is -0.480 e. The number of carbonyl (C=O) groups excluding carboxylic acids is 2. The highest BCUT2D eigenvalue weighted by Crippen LogP contribution is 2.36. The molecule has 1 saturated carbocycles. The first-order valence-corrected chi connectivity index (χ1v) is 7.52. The minimum atomic E-state index is -1.75. The second kappa shape index (κ2) is 6.82. The predicted molar refractivity (Wildman–Crippen MR) is 80.6 cm³/mol. The fourth-order valence-corrected chi connectivity index (χ4v) is 2.29. The smallest absolute Gasteiger partial charge is 0.327 e. The van der Waals surface area contributed by atoms with E-state index in [0.29, 0.717) is 12.8 Å². The highest BCUT2D eigenvalue weighted by atomic mass is 19.1. The number of hydrogen-bond donors (Lipinski definition) is 2. The van der Waals surface area contributed by atoms with Crippen LogP contribution < -0.4 is 5.32 Å². The van der Waals surface area contributed by atoms with Crippen molar-refractivity contribution in [1.29, 1.82) is 0 Å². The first-order valence-electron chi connectivity index (χ1n) is 7.52. The normalized spacial score (nSPS) is 18.7. The first-order chi connectivity index (χ1) is 10.4. The number of amides is 1. The van der Waals surface area contributed by atoms with Crippen LogP contribution in [0.2, 0.25) is 0 Å². The lowest BCUT2D eigenvalue weighted by Crippen LogP contribution is -2.50. The quantitative estimate of drug-likeness (QED) is 0.636. The van der Waals surface area contributed by atoms with Gasteiger partial charge in [-0.1, -0.05) is 0 Å². The molecule has 1 amide bonds. The lowest BCUT2D eigenvalue weighted by molar-refractivity contribution is -0.164. The molecular weight excluding hydrogens is 307 g/mol. The molecule has 2 N–H and O–H groups in total. The van der Waals surface area contributed by atoms with E-state index in [1.54, 1.807) is 7.05 Å². The van der Waals surface area contributed by atoms with Crippen LogP contribution in [0.15, 0.2) is 0 Å². The Morgan fingerprint density at radius 3 is 2.26 bits per heavy atom. The van der Waals surface area contributed by atoms with Crippen LogP contribution in [-0.2, 0) is 19.1 Å². The van der Waals surface area contributed by atoms with Crippen molar-refractivity contribution in [3.8, 4) is 0 Å². The van der Waals surface area contributed by atoms with Crippen molar-refractivity contribution in [1.82, 2.24) is 10.2 Å². The third kappa shape index (κ3) is 4.89. The average Bonchev–Trinajstić information content (AvgIpc) is 3.23. The molecule has 1 aliphatic rings. The van der Waals surface area contributed by atoms with Gasteiger partial charge in [0.05, 0.1) is 0 Å². The largest absolute Gasteiger partial charge is 0.480 e.